The fourth-order valence-electron chi connectivity index (χ4n) is 2.82. The van der Waals surface area contributed by atoms with Gasteiger partial charge in [0.2, 0.25) is 0 Å². The molecule has 0 aromatic heterocycles. The van der Waals surface area contributed by atoms with Gasteiger partial charge >= 0.3 is 0 Å². The first-order valence-corrected chi connectivity index (χ1v) is 7.68. The van der Waals surface area contributed by atoms with Crippen LogP contribution in [-0.2, 0) is 0 Å². The van der Waals surface area contributed by atoms with Gasteiger partial charge in [-0.25, -0.2) is 0 Å². The van der Waals surface area contributed by atoms with Crippen LogP contribution in [0.2, 0.25) is 5.02 Å². The van der Waals surface area contributed by atoms with E-state index in [2.05, 4.69) is 36.0 Å². The van der Waals surface area contributed by atoms with Crippen molar-refractivity contribution in [2.75, 3.05) is 13.2 Å². The lowest BCUT2D eigenvalue weighted by molar-refractivity contribution is 0.0977. The second kappa shape index (κ2) is 6.41. The Hall–Kier alpha value is -2.36. The number of rotatable bonds is 3. The van der Waals surface area contributed by atoms with Crippen molar-refractivity contribution in [1.82, 2.24) is 0 Å². The normalized spacial score (nSPS) is 15.9. The van der Waals surface area contributed by atoms with Crippen LogP contribution in [0.15, 0.2) is 35.4 Å². The number of hydrogen-bond acceptors (Lipinski definition) is 3. The predicted molar refractivity (Wildman–Crippen MR) is 90.3 cm³/mol. The number of azide groups is 1. The van der Waals surface area contributed by atoms with Gasteiger partial charge in [-0.05, 0) is 42.1 Å². The Morgan fingerprint density at radius 3 is 2.74 bits per heavy atom. The second-order valence-electron chi connectivity index (χ2n) is 5.51. The van der Waals surface area contributed by atoms with Crippen LogP contribution >= 0.6 is 11.6 Å². The zero-order valence-corrected chi connectivity index (χ0v) is 13.7. The summed E-state index contributed by atoms with van der Waals surface area (Å²) in [5, 5.41) is 4.17. The summed E-state index contributed by atoms with van der Waals surface area (Å²) in [7, 11) is 0. The molecule has 0 amide bonds. The maximum Gasteiger partial charge on any atom is 0.169 e. The number of nitrogens with zero attached hydrogens (tertiary/aromatic N) is 3. The molecule has 0 saturated heterocycles. The smallest absolute Gasteiger partial charge is 0.169 e. The standard InChI is InChI=1S/C17H16ClN3O2/c1-10-4-3-5-11(2)16(10)14-6-12(18)7-15-17(14)23-13(9-22-15)8-20-21-19/h3-7,13H,8-9H2,1-2H3/t13-/m0/s1. The maximum atomic E-state index is 8.48. The van der Waals surface area contributed by atoms with Gasteiger partial charge < -0.3 is 9.47 Å². The molecule has 2 aromatic rings. The van der Waals surface area contributed by atoms with Crippen molar-refractivity contribution in [2.24, 2.45) is 5.11 Å². The third-order valence-electron chi connectivity index (χ3n) is 3.83. The van der Waals surface area contributed by atoms with E-state index in [9.17, 15) is 0 Å². The molecule has 5 nitrogen and oxygen atoms in total. The summed E-state index contributed by atoms with van der Waals surface area (Å²) in [5.41, 5.74) is 12.7. The van der Waals surface area contributed by atoms with Crippen LogP contribution in [-0.4, -0.2) is 19.3 Å². The highest BCUT2D eigenvalue weighted by Crippen LogP contribution is 2.45. The Balaban J connectivity index is 2.12. The van der Waals surface area contributed by atoms with E-state index in [0.29, 0.717) is 23.1 Å². The fourth-order valence-corrected chi connectivity index (χ4v) is 3.03. The molecular weight excluding hydrogens is 314 g/mol. The van der Waals surface area contributed by atoms with E-state index in [1.165, 1.54) is 0 Å². The molecule has 0 spiro atoms. The molecule has 0 N–H and O–H groups in total. The molecule has 0 bridgehead atoms. The van der Waals surface area contributed by atoms with Gasteiger partial charge in [0.25, 0.3) is 0 Å². The quantitative estimate of drug-likeness (QED) is 0.448. The van der Waals surface area contributed by atoms with Crippen LogP contribution in [0, 0.1) is 13.8 Å². The monoisotopic (exact) mass is 329 g/mol. The average Bonchev–Trinajstić information content (AvgIpc) is 2.52. The van der Waals surface area contributed by atoms with Crippen molar-refractivity contribution in [3.8, 4) is 22.6 Å². The lowest BCUT2D eigenvalue weighted by Crippen LogP contribution is -2.31. The first-order chi connectivity index (χ1) is 11.1. The summed E-state index contributed by atoms with van der Waals surface area (Å²) in [6, 6.07) is 9.76. The van der Waals surface area contributed by atoms with E-state index in [-0.39, 0.29) is 12.6 Å². The topological polar surface area (TPSA) is 67.2 Å². The van der Waals surface area contributed by atoms with E-state index in [1.54, 1.807) is 6.07 Å². The largest absolute Gasteiger partial charge is 0.486 e. The molecule has 0 radical (unpaired) electrons. The van der Waals surface area contributed by atoms with Crippen LogP contribution < -0.4 is 9.47 Å². The molecule has 118 valence electrons. The van der Waals surface area contributed by atoms with Gasteiger partial charge in [-0.2, -0.15) is 0 Å². The van der Waals surface area contributed by atoms with E-state index < -0.39 is 0 Å². The van der Waals surface area contributed by atoms with E-state index >= 15 is 0 Å². The maximum absolute atomic E-state index is 8.48. The molecule has 23 heavy (non-hydrogen) atoms. The van der Waals surface area contributed by atoms with E-state index in [1.807, 2.05) is 12.1 Å². The lowest BCUT2D eigenvalue weighted by Gasteiger charge is -2.28. The molecule has 0 aliphatic carbocycles. The van der Waals surface area contributed by atoms with Crippen LogP contribution in [0.3, 0.4) is 0 Å². The first kappa shape index (κ1) is 15.5. The van der Waals surface area contributed by atoms with Crippen LogP contribution in [0.25, 0.3) is 21.6 Å². The summed E-state index contributed by atoms with van der Waals surface area (Å²) in [5.74, 6) is 1.27. The first-order valence-electron chi connectivity index (χ1n) is 7.30. The van der Waals surface area contributed by atoms with Crippen molar-refractivity contribution in [3.63, 3.8) is 0 Å². The summed E-state index contributed by atoms with van der Waals surface area (Å²) in [6.45, 7) is 4.66. The van der Waals surface area contributed by atoms with Gasteiger partial charge in [0, 0.05) is 21.6 Å². The summed E-state index contributed by atoms with van der Waals surface area (Å²) >= 11 is 6.25. The third-order valence-corrected chi connectivity index (χ3v) is 4.05. The minimum Gasteiger partial charge on any atom is -0.486 e. The third kappa shape index (κ3) is 3.07. The molecule has 1 heterocycles. The molecule has 6 heteroatoms. The average molecular weight is 330 g/mol. The van der Waals surface area contributed by atoms with Gasteiger partial charge in [-0.1, -0.05) is 34.9 Å². The highest BCUT2D eigenvalue weighted by atomic mass is 35.5. The summed E-state index contributed by atoms with van der Waals surface area (Å²) < 4.78 is 11.8. The number of ether oxygens (including phenoxy) is 2. The number of halogens is 1. The Kier molecular flexibility index (Phi) is 4.33. The van der Waals surface area contributed by atoms with Crippen molar-refractivity contribution in [2.45, 2.75) is 20.0 Å². The van der Waals surface area contributed by atoms with Gasteiger partial charge in [-0.3, -0.25) is 0 Å². The number of fused-ring (bicyclic) bond motifs is 1. The molecule has 0 fully saturated rings. The molecule has 1 atom stereocenters. The van der Waals surface area contributed by atoms with Crippen molar-refractivity contribution < 1.29 is 9.47 Å². The molecule has 1 aliphatic rings. The summed E-state index contributed by atoms with van der Waals surface area (Å²) in [6.07, 6.45) is -0.303. The van der Waals surface area contributed by atoms with Gasteiger partial charge in [0.15, 0.2) is 11.5 Å². The highest BCUT2D eigenvalue weighted by molar-refractivity contribution is 6.31. The molecular formula is C17H16ClN3O2. The molecule has 0 unspecified atom stereocenters. The zero-order chi connectivity index (χ0) is 16.4. The zero-order valence-electron chi connectivity index (χ0n) is 12.9. The summed E-state index contributed by atoms with van der Waals surface area (Å²) in [4.78, 5) is 2.78. The van der Waals surface area contributed by atoms with Crippen LogP contribution in [0.1, 0.15) is 11.1 Å². The minimum atomic E-state index is -0.303. The fraction of sp³-hybridized carbons (Fsp3) is 0.294. The Morgan fingerprint density at radius 1 is 1.30 bits per heavy atom. The van der Waals surface area contributed by atoms with Crippen molar-refractivity contribution in [3.05, 3.63) is 56.9 Å². The highest BCUT2D eigenvalue weighted by Gasteiger charge is 2.25. The molecule has 3 rings (SSSR count). The number of aryl methyl sites for hydroxylation is 2. The van der Waals surface area contributed by atoms with Gasteiger partial charge in [0.1, 0.15) is 12.7 Å². The Labute approximate surface area is 139 Å². The Morgan fingerprint density at radius 2 is 2.04 bits per heavy atom. The molecule has 1 aliphatic heterocycles. The minimum absolute atomic E-state index is 0.227. The molecule has 2 aromatic carbocycles. The van der Waals surface area contributed by atoms with Crippen LogP contribution in [0.4, 0.5) is 0 Å². The SMILES string of the molecule is Cc1cccc(C)c1-c1cc(Cl)cc2c1O[C@@H](CN=[N+]=[N-])CO2. The predicted octanol–water partition coefficient (Wildman–Crippen LogP) is 5.07. The van der Waals surface area contributed by atoms with Crippen LogP contribution in [0.5, 0.6) is 11.5 Å². The molecule has 0 saturated carbocycles. The second-order valence-corrected chi connectivity index (χ2v) is 5.95. The lowest BCUT2D eigenvalue weighted by atomic mass is 9.94. The van der Waals surface area contributed by atoms with E-state index in [4.69, 9.17) is 26.6 Å². The van der Waals surface area contributed by atoms with Gasteiger partial charge in [0.05, 0.1) is 6.54 Å². The van der Waals surface area contributed by atoms with Crippen molar-refractivity contribution in [1.29, 1.82) is 0 Å². The number of benzene rings is 2. The van der Waals surface area contributed by atoms with Gasteiger partial charge in [-0.15, -0.1) is 0 Å². The van der Waals surface area contributed by atoms with Crippen molar-refractivity contribution >= 4 is 11.6 Å². The Bertz CT molecular complexity index is 780. The van der Waals surface area contributed by atoms with E-state index in [0.717, 1.165) is 22.3 Å². The number of hydrogen-bond donors (Lipinski definition) is 0.